The molecule has 1 aliphatic heterocycles. The molecule has 1 aromatic carbocycles. The van der Waals surface area contributed by atoms with Gasteiger partial charge in [0.05, 0.1) is 23.9 Å². The van der Waals surface area contributed by atoms with Crippen molar-refractivity contribution in [1.29, 1.82) is 0 Å². The number of aromatic nitrogens is 3. The Bertz CT molecular complexity index is 794. The Morgan fingerprint density at radius 1 is 1.27 bits per heavy atom. The van der Waals surface area contributed by atoms with Gasteiger partial charge in [0.15, 0.2) is 0 Å². The van der Waals surface area contributed by atoms with E-state index in [0.717, 1.165) is 47.5 Å². The predicted octanol–water partition coefficient (Wildman–Crippen LogP) is 2.41. The molecule has 0 aliphatic carbocycles. The van der Waals surface area contributed by atoms with Gasteiger partial charge >= 0.3 is 0 Å². The molecule has 112 valence electrons. The van der Waals surface area contributed by atoms with E-state index < -0.39 is 0 Å². The Morgan fingerprint density at radius 2 is 2.23 bits per heavy atom. The van der Waals surface area contributed by atoms with Gasteiger partial charge < -0.3 is 15.8 Å². The van der Waals surface area contributed by atoms with Crippen molar-refractivity contribution in [3.8, 4) is 11.3 Å². The molecule has 1 atom stereocenters. The van der Waals surface area contributed by atoms with Gasteiger partial charge in [-0.1, -0.05) is 12.1 Å². The SMILES string of the molecule is Nc1cc(N[C@@H]2CCOC2)c2ccc(-c3ccn[nH]3)cc2n1. The standard InChI is InChI=1S/C16H17N5O/c17-16-8-15(19-11-4-6-22-9-11)12-2-1-10(7-14(12)20-16)13-3-5-18-21-13/h1-3,5,7-8,11H,4,6,9H2,(H,18,21)(H3,17,19,20)/t11-/m1/s1. The van der Waals surface area contributed by atoms with Gasteiger partial charge in [0.2, 0.25) is 0 Å². The molecule has 1 fully saturated rings. The molecule has 0 spiro atoms. The minimum atomic E-state index is 0.331. The first-order valence-corrected chi connectivity index (χ1v) is 7.34. The summed E-state index contributed by atoms with van der Waals surface area (Å²) in [7, 11) is 0. The van der Waals surface area contributed by atoms with Crippen molar-refractivity contribution in [2.24, 2.45) is 0 Å². The number of nitrogens with one attached hydrogen (secondary N) is 2. The van der Waals surface area contributed by atoms with Crippen LogP contribution < -0.4 is 11.1 Å². The summed E-state index contributed by atoms with van der Waals surface area (Å²) >= 11 is 0. The number of nitrogens with zero attached hydrogens (tertiary/aromatic N) is 2. The number of ether oxygens (including phenoxy) is 1. The average molecular weight is 295 g/mol. The number of aromatic amines is 1. The molecule has 6 nitrogen and oxygen atoms in total. The second-order valence-corrected chi connectivity index (χ2v) is 5.50. The van der Waals surface area contributed by atoms with Crippen molar-refractivity contribution in [3.63, 3.8) is 0 Å². The number of hydrogen-bond acceptors (Lipinski definition) is 5. The lowest BCUT2D eigenvalue weighted by Gasteiger charge is -2.15. The van der Waals surface area contributed by atoms with E-state index in [2.05, 4.69) is 32.6 Å². The van der Waals surface area contributed by atoms with Crippen LogP contribution in [0.3, 0.4) is 0 Å². The van der Waals surface area contributed by atoms with Gasteiger partial charge in [0, 0.05) is 35.5 Å². The molecule has 1 saturated heterocycles. The van der Waals surface area contributed by atoms with Crippen molar-refractivity contribution < 1.29 is 4.74 Å². The van der Waals surface area contributed by atoms with Gasteiger partial charge in [0.1, 0.15) is 5.82 Å². The highest BCUT2D eigenvalue weighted by atomic mass is 16.5. The van der Waals surface area contributed by atoms with Crippen LogP contribution in [0.4, 0.5) is 11.5 Å². The molecule has 0 unspecified atom stereocenters. The molecule has 4 N–H and O–H groups in total. The van der Waals surface area contributed by atoms with Gasteiger partial charge in [-0.2, -0.15) is 5.10 Å². The third-order valence-electron chi connectivity index (χ3n) is 3.93. The minimum absolute atomic E-state index is 0.331. The largest absolute Gasteiger partial charge is 0.384 e. The molecule has 6 heteroatoms. The number of fused-ring (bicyclic) bond motifs is 1. The summed E-state index contributed by atoms with van der Waals surface area (Å²) in [6, 6.07) is 10.3. The molecule has 4 rings (SSSR count). The Kier molecular flexibility index (Phi) is 3.16. The maximum absolute atomic E-state index is 5.97. The van der Waals surface area contributed by atoms with Crippen LogP contribution in [0.5, 0.6) is 0 Å². The van der Waals surface area contributed by atoms with Gasteiger partial charge in [-0.25, -0.2) is 4.98 Å². The zero-order chi connectivity index (χ0) is 14.9. The molecule has 3 aromatic rings. The second kappa shape index (κ2) is 5.31. The van der Waals surface area contributed by atoms with Crippen molar-refractivity contribution in [2.45, 2.75) is 12.5 Å². The van der Waals surface area contributed by atoms with E-state index in [1.54, 1.807) is 6.20 Å². The summed E-state index contributed by atoms with van der Waals surface area (Å²) < 4.78 is 5.42. The molecule has 3 heterocycles. The van der Waals surface area contributed by atoms with Crippen LogP contribution >= 0.6 is 0 Å². The summed E-state index contributed by atoms with van der Waals surface area (Å²) in [6.45, 7) is 1.54. The van der Waals surface area contributed by atoms with E-state index in [1.807, 2.05) is 18.2 Å². The number of benzene rings is 1. The first kappa shape index (κ1) is 13.1. The Labute approximate surface area is 127 Å². The maximum atomic E-state index is 5.97. The Morgan fingerprint density at radius 3 is 3.00 bits per heavy atom. The number of nitrogen functional groups attached to an aromatic ring is 1. The highest BCUT2D eigenvalue weighted by molar-refractivity contribution is 5.95. The van der Waals surface area contributed by atoms with E-state index in [1.165, 1.54) is 0 Å². The summed E-state index contributed by atoms with van der Waals surface area (Å²) in [6.07, 6.45) is 2.75. The van der Waals surface area contributed by atoms with Crippen molar-refractivity contribution >= 4 is 22.4 Å². The van der Waals surface area contributed by atoms with Gasteiger partial charge in [-0.05, 0) is 18.6 Å². The van der Waals surface area contributed by atoms with E-state index >= 15 is 0 Å². The third kappa shape index (κ3) is 2.37. The fourth-order valence-electron chi connectivity index (χ4n) is 2.82. The van der Waals surface area contributed by atoms with Crippen LogP contribution in [0.1, 0.15) is 6.42 Å². The zero-order valence-corrected chi connectivity index (χ0v) is 12.0. The number of rotatable bonds is 3. The van der Waals surface area contributed by atoms with Crippen molar-refractivity contribution in [3.05, 3.63) is 36.5 Å². The van der Waals surface area contributed by atoms with Crippen LogP contribution in [0.15, 0.2) is 36.5 Å². The van der Waals surface area contributed by atoms with Crippen molar-refractivity contribution in [1.82, 2.24) is 15.2 Å². The predicted molar refractivity (Wildman–Crippen MR) is 86.6 cm³/mol. The summed E-state index contributed by atoms with van der Waals surface area (Å²) in [5.41, 5.74) is 9.85. The van der Waals surface area contributed by atoms with Gasteiger partial charge in [-0.15, -0.1) is 0 Å². The van der Waals surface area contributed by atoms with E-state index in [9.17, 15) is 0 Å². The first-order valence-electron chi connectivity index (χ1n) is 7.34. The second-order valence-electron chi connectivity index (χ2n) is 5.50. The van der Waals surface area contributed by atoms with Gasteiger partial charge in [-0.3, -0.25) is 5.10 Å². The molecule has 0 saturated carbocycles. The lowest BCUT2D eigenvalue weighted by atomic mass is 10.1. The quantitative estimate of drug-likeness (QED) is 0.690. The van der Waals surface area contributed by atoms with E-state index in [0.29, 0.717) is 11.9 Å². The summed E-state index contributed by atoms with van der Waals surface area (Å²) in [5.74, 6) is 0.510. The Hall–Kier alpha value is -2.60. The minimum Gasteiger partial charge on any atom is -0.384 e. The van der Waals surface area contributed by atoms with Crippen LogP contribution in [0.2, 0.25) is 0 Å². The number of nitrogens with two attached hydrogens (primary N) is 1. The molecular weight excluding hydrogens is 278 g/mol. The maximum Gasteiger partial charge on any atom is 0.126 e. The van der Waals surface area contributed by atoms with Crippen LogP contribution in [0.25, 0.3) is 22.2 Å². The highest BCUT2D eigenvalue weighted by Gasteiger charge is 2.17. The normalized spacial score (nSPS) is 17.9. The van der Waals surface area contributed by atoms with Crippen LogP contribution in [-0.4, -0.2) is 34.4 Å². The molecule has 1 aliphatic rings. The highest BCUT2D eigenvalue weighted by Crippen LogP contribution is 2.29. The molecule has 0 radical (unpaired) electrons. The topological polar surface area (TPSA) is 88.9 Å². The van der Waals surface area contributed by atoms with Gasteiger partial charge in [0.25, 0.3) is 0 Å². The fourth-order valence-corrected chi connectivity index (χ4v) is 2.82. The van der Waals surface area contributed by atoms with Crippen LogP contribution in [-0.2, 0) is 4.74 Å². The third-order valence-corrected chi connectivity index (χ3v) is 3.93. The average Bonchev–Trinajstić information content (AvgIpc) is 3.20. The number of hydrogen-bond donors (Lipinski definition) is 3. The number of H-pyrrole nitrogens is 1. The number of anilines is 2. The lowest BCUT2D eigenvalue weighted by molar-refractivity contribution is 0.195. The summed E-state index contributed by atoms with van der Waals surface area (Å²) in [5, 5.41) is 11.5. The smallest absolute Gasteiger partial charge is 0.126 e. The van der Waals surface area contributed by atoms with Crippen LogP contribution in [0, 0.1) is 0 Å². The zero-order valence-electron chi connectivity index (χ0n) is 12.0. The summed E-state index contributed by atoms with van der Waals surface area (Å²) in [4.78, 5) is 4.45. The number of pyridine rings is 1. The molecule has 0 amide bonds. The molecular formula is C16H17N5O. The molecule has 22 heavy (non-hydrogen) atoms. The lowest BCUT2D eigenvalue weighted by Crippen LogP contribution is -2.19. The monoisotopic (exact) mass is 295 g/mol. The van der Waals surface area contributed by atoms with Crippen molar-refractivity contribution in [2.75, 3.05) is 24.3 Å². The Balaban J connectivity index is 1.77. The fraction of sp³-hybridized carbons (Fsp3) is 0.250. The first-order chi connectivity index (χ1) is 10.8. The van der Waals surface area contributed by atoms with E-state index in [-0.39, 0.29) is 0 Å². The molecule has 0 bridgehead atoms. The van der Waals surface area contributed by atoms with E-state index in [4.69, 9.17) is 10.5 Å². The molecule has 2 aromatic heterocycles.